The minimum absolute atomic E-state index is 0.602. The van der Waals surface area contributed by atoms with Crippen LogP contribution in [0.15, 0.2) is 79.0 Å². The Morgan fingerprint density at radius 1 is 0.792 bits per heavy atom. The third kappa shape index (κ3) is 2.44. The van der Waals surface area contributed by atoms with Gasteiger partial charge in [-0.3, -0.25) is 9.54 Å². The van der Waals surface area contributed by atoms with Crippen LogP contribution in [0.3, 0.4) is 0 Å². The number of para-hydroxylation sites is 1. The van der Waals surface area contributed by atoms with Crippen LogP contribution in [0.4, 0.5) is 11.4 Å². The van der Waals surface area contributed by atoms with Crippen LogP contribution in [0.2, 0.25) is 0 Å². The van der Waals surface area contributed by atoms with Crippen molar-refractivity contribution < 1.29 is 8.76 Å². The second-order valence-corrected chi connectivity index (χ2v) is 6.20. The smallest absolute Gasteiger partial charge is 0.266 e. The Labute approximate surface area is 141 Å². The first-order chi connectivity index (χ1) is 11.8. The van der Waals surface area contributed by atoms with Gasteiger partial charge in [-0.15, -0.1) is 0 Å². The number of benzene rings is 3. The third-order valence-electron chi connectivity index (χ3n) is 3.97. The van der Waals surface area contributed by atoms with E-state index in [2.05, 4.69) is 4.98 Å². The maximum atomic E-state index is 12.2. The zero-order valence-corrected chi connectivity index (χ0v) is 13.5. The van der Waals surface area contributed by atoms with Gasteiger partial charge in [0.1, 0.15) is 0 Å². The van der Waals surface area contributed by atoms with E-state index in [-0.39, 0.29) is 0 Å². The van der Waals surface area contributed by atoms with E-state index in [4.69, 9.17) is 0 Å². The highest BCUT2D eigenvalue weighted by molar-refractivity contribution is 7.81. The second kappa shape index (κ2) is 6.03. The van der Waals surface area contributed by atoms with Crippen LogP contribution in [0.5, 0.6) is 0 Å². The second-order valence-electron chi connectivity index (χ2n) is 5.38. The molecule has 0 saturated heterocycles. The van der Waals surface area contributed by atoms with Crippen LogP contribution in [0, 0.1) is 0 Å². The SMILES string of the molecule is O=S(O)N(c1cccc2ccccc12)c1cccc2cccnc12. The lowest BCUT2D eigenvalue weighted by Gasteiger charge is -2.22. The zero-order chi connectivity index (χ0) is 16.5. The fraction of sp³-hybridized carbons (Fsp3) is 0. The zero-order valence-electron chi connectivity index (χ0n) is 12.7. The van der Waals surface area contributed by atoms with Gasteiger partial charge in [-0.05, 0) is 23.6 Å². The standard InChI is InChI=1S/C19H14N2O2S/c22-24(23)21(17-11-3-7-14-6-1-2-10-16(14)17)18-12-4-8-15-9-5-13-20-19(15)18/h1-13H,(H,22,23). The van der Waals surface area contributed by atoms with Crippen molar-refractivity contribution in [1.29, 1.82) is 0 Å². The van der Waals surface area contributed by atoms with E-state index in [9.17, 15) is 8.76 Å². The molecule has 0 amide bonds. The summed E-state index contributed by atoms with van der Waals surface area (Å²) in [5, 5.41) is 2.85. The van der Waals surface area contributed by atoms with Gasteiger partial charge in [0, 0.05) is 17.0 Å². The number of anilines is 2. The number of rotatable bonds is 3. The average Bonchev–Trinajstić information content (AvgIpc) is 2.62. The molecule has 1 atom stereocenters. The van der Waals surface area contributed by atoms with Crippen molar-refractivity contribution in [2.75, 3.05) is 4.31 Å². The summed E-state index contributed by atoms with van der Waals surface area (Å²) in [6.45, 7) is 0. The van der Waals surface area contributed by atoms with Crippen molar-refractivity contribution in [3.8, 4) is 0 Å². The van der Waals surface area contributed by atoms with Crippen molar-refractivity contribution in [3.05, 3.63) is 79.0 Å². The molecule has 1 heterocycles. The first kappa shape index (κ1) is 14.8. The van der Waals surface area contributed by atoms with Gasteiger partial charge >= 0.3 is 0 Å². The summed E-state index contributed by atoms with van der Waals surface area (Å²) in [5.74, 6) is 0. The Morgan fingerprint density at radius 3 is 2.29 bits per heavy atom. The quantitative estimate of drug-likeness (QED) is 0.554. The highest BCUT2D eigenvalue weighted by Crippen LogP contribution is 2.36. The molecule has 24 heavy (non-hydrogen) atoms. The van der Waals surface area contributed by atoms with E-state index in [1.807, 2.05) is 72.8 Å². The molecule has 0 bridgehead atoms. The van der Waals surface area contributed by atoms with Gasteiger partial charge in [-0.1, -0.05) is 54.6 Å². The highest BCUT2D eigenvalue weighted by atomic mass is 32.2. The average molecular weight is 334 g/mol. The first-order valence-electron chi connectivity index (χ1n) is 7.48. The van der Waals surface area contributed by atoms with Crippen molar-refractivity contribution in [2.45, 2.75) is 0 Å². The lowest BCUT2D eigenvalue weighted by molar-refractivity contribution is 0.564. The Kier molecular flexibility index (Phi) is 3.72. The van der Waals surface area contributed by atoms with Crippen LogP contribution in [-0.2, 0) is 11.3 Å². The summed E-state index contributed by atoms with van der Waals surface area (Å²) < 4.78 is 23.6. The molecular formula is C19H14N2O2S. The number of aromatic nitrogens is 1. The largest absolute Gasteiger partial charge is 0.289 e. The van der Waals surface area contributed by atoms with Crippen LogP contribution in [0.1, 0.15) is 0 Å². The van der Waals surface area contributed by atoms with Crippen molar-refractivity contribution in [1.82, 2.24) is 4.98 Å². The van der Waals surface area contributed by atoms with Crippen LogP contribution in [-0.4, -0.2) is 13.7 Å². The summed E-state index contributed by atoms with van der Waals surface area (Å²) in [5.41, 5.74) is 1.97. The highest BCUT2D eigenvalue weighted by Gasteiger charge is 2.20. The van der Waals surface area contributed by atoms with Crippen LogP contribution in [0.25, 0.3) is 21.7 Å². The Morgan fingerprint density at radius 2 is 1.46 bits per heavy atom. The maximum Gasteiger partial charge on any atom is 0.266 e. The van der Waals surface area contributed by atoms with E-state index in [1.165, 1.54) is 4.31 Å². The van der Waals surface area contributed by atoms with Gasteiger partial charge in [0.25, 0.3) is 11.3 Å². The molecule has 118 valence electrons. The first-order valence-corrected chi connectivity index (χ1v) is 8.55. The molecule has 0 fully saturated rings. The van der Waals surface area contributed by atoms with Crippen LogP contribution < -0.4 is 4.31 Å². The van der Waals surface area contributed by atoms with E-state index in [1.54, 1.807) is 6.20 Å². The topological polar surface area (TPSA) is 53.4 Å². The number of hydrogen-bond donors (Lipinski definition) is 1. The lowest BCUT2D eigenvalue weighted by atomic mass is 10.1. The summed E-state index contributed by atoms with van der Waals surface area (Å²) in [4.78, 5) is 4.40. The van der Waals surface area contributed by atoms with E-state index in [0.29, 0.717) is 16.9 Å². The molecule has 0 spiro atoms. The summed E-state index contributed by atoms with van der Waals surface area (Å²) in [6.07, 6.45) is 1.69. The Bertz CT molecular complexity index is 975. The molecule has 1 aromatic heterocycles. The summed E-state index contributed by atoms with van der Waals surface area (Å²) in [7, 11) is 0. The molecule has 3 aromatic carbocycles. The molecule has 4 nitrogen and oxygen atoms in total. The molecule has 0 aliphatic carbocycles. The normalized spacial score (nSPS) is 12.4. The third-order valence-corrected chi connectivity index (χ3v) is 4.68. The van der Waals surface area contributed by atoms with Gasteiger partial charge in [0.05, 0.1) is 16.9 Å². The van der Waals surface area contributed by atoms with Gasteiger partial charge in [-0.2, -0.15) is 0 Å². The fourth-order valence-electron chi connectivity index (χ4n) is 2.94. The number of fused-ring (bicyclic) bond motifs is 2. The van der Waals surface area contributed by atoms with Gasteiger partial charge in [-0.25, -0.2) is 8.51 Å². The van der Waals surface area contributed by atoms with Gasteiger partial charge < -0.3 is 0 Å². The van der Waals surface area contributed by atoms with E-state index in [0.717, 1.165) is 16.2 Å². The fourth-order valence-corrected chi connectivity index (χ4v) is 3.58. The predicted octanol–water partition coefficient (Wildman–Crippen LogP) is 4.66. The molecule has 4 rings (SSSR count). The van der Waals surface area contributed by atoms with Crippen molar-refractivity contribution >= 4 is 44.3 Å². The molecule has 0 radical (unpaired) electrons. The van der Waals surface area contributed by atoms with Gasteiger partial charge in [0.15, 0.2) is 0 Å². The van der Waals surface area contributed by atoms with Crippen molar-refractivity contribution in [2.24, 2.45) is 0 Å². The van der Waals surface area contributed by atoms with Crippen molar-refractivity contribution in [3.63, 3.8) is 0 Å². The van der Waals surface area contributed by atoms with Gasteiger partial charge in [0.2, 0.25) is 0 Å². The summed E-state index contributed by atoms with van der Waals surface area (Å²) >= 11 is -2.22. The monoisotopic (exact) mass is 334 g/mol. The van der Waals surface area contributed by atoms with Crippen LogP contribution >= 0.6 is 0 Å². The maximum absolute atomic E-state index is 12.2. The number of pyridine rings is 1. The summed E-state index contributed by atoms with van der Waals surface area (Å²) in [6, 6.07) is 22.9. The predicted molar refractivity (Wildman–Crippen MR) is 98.6 cm³/mol. The van der Waals surface area contributed by atoms with E-state index < -0.39 is 11.3 Å². The Hall–Kier alpha value is -2.76. The lowest BCUT2D eigenvalue weighted by Crippen LogP contribution is -2.20. The minimum Gasteiger partial charge on any atom is -0.289 e. The molecule has 1 N–H and O–H groups in total. The molecule has 0 aliphatic heterocycles. The molecule has 1 unspecified atom stereocenters. The minimum atomic E-state index is -2.22. The molecule has 5 heteroatoms. The molecule has 4 aromatic rings. The van der Waals surface area contributed by atoms with E-state index >= 15 is 0 Å². The Balaban J connectivity index is 2.02. The molecule has 0 saturated carbocycles. The molecular weight excluding hydrogens is 320 g/mol. The number of hydrogen-bond acceptors (Lipinski definition) is 2. The number of nitrogens with zero attached hydrogens (tertiary/aromatic N) is 2. The molecule has 0 aliphatic rings.